The lowest BCUT2D eigenvalue weighted by molar-refractivity contribution is 0.309. The Labute approximate surface area is 103 Å². The van der Waals surface area contributed by atoms with Crippen molar-refractivity contribution in [2.24, 2.45) is 5.73 Å². The standard InChI is InChI=1S/C13H21N3O/c14-7-4-8-17-12-9-15-13(16-10-12)11-5-2-1-3-6-11/h9-11H,1-8,14H2. The largest absolute Gasteiger partial charge is 0.490 e. The van der Waals surface area contributed by atoms with Crippen molar-refractivity contribution in [2.45, 2.75) is 44.4 Å². The molecule has 0 spiro atoms. The second-order valence-electron chi connectivity index (χ2n) is 4.60. The summed E-state index contributed by atoms with van der Waals surface area (Å²) < 4.78 is 5.48. The second kappa shape index (κ2) is 6.55. The molecule has 1 heterocycles. The lowest BCUT2D eigenvalue weighted by Crippen LogP contribution is -2.09. The summed E-state index contributed by atoms with van der Waals surface area (Å²) in [6, 6.07) is 0. The molecule has 1 saturated carbocycles. The van der Waals surface area contributed by atoms with Crippen molar-refractivity contribution in [1.82, 2.24) is 9.97 Å². The van der Waals surface area contributed by atoms with Crippen LogP contribution in [0.25, 0.3) is 0 Å². The third kappa shape index (κ3) is 3.66. The summed E-state index contributed by atoms with van der Waals surface area (Å²) in [6.07, 6.45) is 10.9. The van der Waals surface area contributed by atoms with Gasteiger partial charge in [0, 0.05) is 5.92 Å². The molecule has 1 fully saturated rings. The van der Waals surface area contributed by atoms with E-state index < -0.39 is 0 Å². The lowest BCUT2D eigenvalue weighted by Gasteiger charge is -2.19. The first-order valence-electron chi connectivity index (χ1n) is 6.55. The molecule has 0 radical (unpaired) electrons. The Morgan fingerprint density at radius 3 is 2.53 bits per heavy atom. The van der Waals surface area contributed by atoms with Gasteiger partial charge in [-0.05, 0) is 25.8 Å². The van der Waals surface area contributed by atoms with Crippen LogP contribution in [-0.4, -0.2) is 23.1 Å². The van der Waals surface area contributed by atoms with Crippen LogP contribution >= 0.6 is 0 Å². The quantitative estimate of drug-likeness (QED) is 0.795. The number of hydrogen-bond acceptors (Lipinski definition) is 4. The molecule has 4 nitrogen and oxygen atoms in total. The summed E-state index contributed by atoms with van der Waals surface area (Å²) in [5, 5.41) is 0. The van der Waals surface area contributed by atoms with E-state index in [1.54, 1.807) is 12.4 Å². The van der Waals surface area contributed by atoms with E-state index in [1.165, 1.54) is 32.1 Å². The molecule has 94 valence electrons. The van der Waals surface area contributed by atoms with Crippen LogP contribution in [0.2, 0.25) is 0 Å². The summed E-state index contributed by atoms with van der Waals surface area (Å²) in [4.78, 5) is 8.83. The van der Waals surface area contributed by atoms with Gasteiger partial charge in [0.05, 0.1) is 19.0 Å². The van der Waals surface area contributed by atoms with Gasteiger partial charge in [-0.3, -0.25) is 0 Å². The molecule has 1 aliphatic rings. The van der Waals surface area contributed by atoms with Crippen LogP contribution in [-0.2, 0) is 0 Å². The first-order valence-corrected chi connectivity index (χ1v) is 6.55. The number of nitrogens with two attached hydrogens (primary N) is 1. The molecule has 2 rings (SSSR count). The third-order valence-corrected chi connectivity index (χ3v) is 3.24. The molecular weight excluding hydrogens is 214 g/mol. The minimum atomic E-state index is 0.557. The smallest absolute Gasteiger partial charge is 0.155 e. The zero-order valence-corrected chi connectivity index (χ0v) is 10.3. The van der Waals surface area contributed by atoms with Crippen molar-refractivity contribution in [3.63, 3.8) is 0 Å². The average Bonchev–Trinajstić information content (AvgIpc) is 2.41. The van der Waals surface area contributed by atoms with Gasteiger partial charge in [-0.2, -0.15) is 0 Å². The molecule has 1 aromatic rings. The summed E-state index contributed by atoms with van der Waals surface area (Å²) in [5.41, 5.74) is 5.40. The van der Waals surface area contributed by atoms with Crippen LogP contribution in [0.15, 0.2) is 12.4 Å². The highest BCUT2D eigenvalue weighted by molar-refractivity contribution is 5.13. The van der Waals surface area contributed by atoms with Gasteiger partial charge >= 0.3 is 0 Å². The van der Waals surface area contributed by atoms with Crippen molar-refractivity contribution in [1.29, 1.82) is 0 Å². The van der Waals surface area contributed by atoms with E-state index in [0.29, 0.717) is 19.1 Å². The zero-order chi connectivity index (χ0) is 11.9. The van der Waals surface area contributed by atoms with Crippen molar-refractivity contribution in [2.75, 3.05) is 13.2 Å². The molecule has 0 bridgehead atoms. The number of ether oxygens (including phenoxy) is 1. The van der Waals surface area contributed by atoms with E-state index in [9.17, 15) is 0 Å². The summed E-state index contributed by atoms with van der Waals surface area (Å²) in [6.45, 7) is 1.30. The SMILES string of the molecule is NCCCOc1cnc(C2CCCCC2)nc1. The topological polar surface area (TPSA) is 61.0 Å². The molecular formula is C13H21N3O. The van der Waals surface area contributed by atoms with Crippen LogP contribution < -0.4 is 10.5 Å². The fraction of sp³-hybridized carbons (Fsp3) is 0.692. The first-order chi connectivity index (χ1) is 8.40. The average molecular weight is 235 g/mol. The van der Waals surface area contributed by atoms with Crippen molar-refractivity contribution < 1.29 is 4.74 Å². The minimum Gasteiger partial charge on any atom is -0.490 e. The Kier molecular flexibility index (Phi) is 4.74. The maximum Gasteiger partial charge on any atom is 0.155 e. The third-order valence-electron chi connectivity index (χ3n) is 3.24. The van der Waals surface area contributed by atoms with Gasteiger partial charge in [0.1, 0.15) is 5.82 Å². The van der Waals surface area contributed by atoms with E-state index in [4.69, 9.17) is 10.5 Å². The Bertz CT molecular complexity index is 320. The summed E-state index contributed by atoms with van der Waals surface area (Å²) in [7, 11) is 0. The minimum absolute atomic E-state index is 0.557. The van der Waals surface area contributed by atoms with Crippen molar-refractivity contribution >= 4 is 0 Å². The molecule has 0 amide bonds. The second-order valence-corrected chi connectivity index (χ2v) is 4.60. The normalized spacial score (nSPS) is 17.0. The van der Waals surface area contributed by atoms with E-state index in [1.807, 2.05) is 0 Å². The van der Waals surface area contributed by atoms with Gasteiger partial charge in [-0.15, -0.1) is 0 Å². The van der Waals surface area contributed by atoms with Gasteiger partial charge < -0.3 is 10.5 Å². The van der Waals surface area contributed by atoms with Crippen molar-refractivity contribution in [3.05, 3.63) is 18.2 Å². The monoisotopic (exact) mass is 235 g/mol. The predicted octanol–water partition coefficient (Wildman–Crippen LogP) is 2.25. The molecule has 4 heteroatoms. The fourth-order valence-electron chi connectivity index (χ4n) is 2.25. The van der Waals surface area contributed by atoms with Gasteiger partial charge in [-0.1, -0.05) is 19.3 Å². The maximum atomic E-state index is 5.48. The van der Waals surface area contributed by atoms with Gasteiger partial charge in [-0.25, -0.2) is 9.97 Å². The van der Waals surface area contributed by atoms with Crippen LogP contribution in [0, 0.1) is 0 Å². The highest BCUT2D eigenvalue weighted by Crippen LogP contribution is 2.30. The van der Waals surface area contributed by atoms with Crippen LogP contribution in [0.5, 0.6) is 5.75 Å². The number of rotatable bonds is 5. The van der Waals surface area contributed by atoms with Gasteiger partial charge in [0.25, 0.3) is 0 Å². The molecule has 0 aromatic carbocycles. The van der Waals surface area contributed by atoms with Gasteiger partial charge in [0.15, 0.2) is 5.75 Å². The molecule has 17 heavy (non-hydrogen) atoms. The summed E-state index contributed by atoms with van der Waals surface area (Å²) in [5.74, 6) is 2.29. The molecule has 2 N–H and O–H groups in total. The predicted molar refractivity (Wildman–Crippen MR) is 67.0 cm³/mol. The van der Waals surface area contributed by atoms with Crippen LogP contribution in [0.1, 0.15) is 50.3 Å². The molecule has 0 unspecified atom stereocenters. The Morgan fingerprint density at radius 2 is 1.88 bits per heavy atom. The van der Waals surface area contributed by atoms with Crippen LogP contribution in [0.4, 0.5) is 0 Å². The number of nitrogens with zero attached hydrogens (tertiary/aromatic N) is 2. The van der Waals surface area contributed by atoms with Crippen molar-refractivity contribution in [3.8, 4) is 5.75 Å². The molecule has 0 aliphatic heterocycles. The number of hydrogen-bond donors (Lipinski definition) is 1. The molecule has 0 saturated heterocycles. The molecule has 1 aliphatic carbocycles. The fourth-order valence-corrected chi connectivity index (χ4v) is 2.25. The Morgan fingerprint density at radius 1 is 1.18 bits per heavy atom. The summed E-state index contributed by atoms with van der Waals surface area (Å²) >= 11 is 0. The van der Waals surface area contributed by atoms with Crippen LogP contribution in [0.3, 0.4) is 0 Å². The van der Waals surface area contributed by atoms with E-state index in [-0.39, 0.29) is 0 Å². The molecule has 0 atom stereocenters. The molecule has 1 aromatic heterocycles. The number of aromatic nitrogens is 2. The Hall–Kier alpha value is -1.16. The lowest BCUT2D eigenvalue weighted by atomic mass is 9.89. The van der Waals surface area contributed by atoms with E-state index >= 15 is 0 Å². The van der Waals surface area contributed by atoms with E-state index in [2.05, 4.69) is 9.97 Å². The Balaban J connectivity index is 1.88. The highest BCUT2D eigenvalue weighted by Gasteiger charge is 2.17. The highest BCUT2D eigenvalue weighted by atomic mass is 16.5. The van der Waals surface area contributed by atoms with E-state index in [0.717, 1.165) is 18.0 Å². The zero-order valence-electron chi connectivity index (χ0n) is 10.3. The van der Waals surface area contributed by atoms with Gasteiger partial charge in [0.2, 0.25) is 0 Å². The maximum absolute atomic E-state index is 5.48. The first kappa shape index (κ1) is 12.3.